The van der Waals surface area contributed by atoms with Crippen LogP contribution in [0.4, 0.5) is 21.6 Å². The Kier molecular flexibility index (Phi) is 5.20. The SMILES string of the molecule is O=C(Nc1ccc(N2CCN(c3ccccc3F)CC2)cn1)C1CCCO1. The van der Waals surface area contributed by atoms with E-state index in [4.69, 9.17) is 4.74 Å². The minimum Gasteiger partial charge on any atom is -0.368 e. The number of carbonyl (C=O) groups excluding carboxylic acids is 1. The first kappa shape index (κ1) is 17.7. The molecule has 2 aliphatic heterocycles. The first-order chi connectivity index (χ1) is 13.2. The number of ether oxygens (including phenoxy) is 1. The van der Waals surface area contributed by atoms with Crippen molar-refractivity contribution in [1.82, 2.24) is 4.98 Å². The molecule has 0 bridgehead atoms. The number of anilines is 3. The molecule has 1 N–H and O–H groups in total. The number of amides is 1. The molecule has 2 fully saturated rings. The summed E-state index contributed by atoms with van der Waals surface area (Å²) in [5.74, 6) is 0.217. The van der Waals surface area contributed by atoms with Crippen molar-refractivity contribution >= 4 is 23.1 Å². The Balaban J connectivity index is 1.33. The van der Waals surface area contributed by atoms with Crippen molar-refractivity contribution in [2.24, 2.45) is 0 Å². The topological polar surface area (TPSA) is 57.7 Å². The highest BCUT2D eigenvalue weighted by Gasteiger charge is 2.24. The molecule has 0 aliphatic carbocycles. The summed E-state index contributed by atoms with van der Waals surface area (Å²) in [6, 6.07) is 10.6. The molecule has 3 heterocycles. The third-order valence-corrected chi connectivity index (χ3v) is 5.06. The van der Waals surface area contributed by atoms with Gasteiger partial charge in [-0.25, -0.2) is 9.37 Å². The normalized spacial score (nSPS) is 20.0. The minimum atomic E-state index is -0.363. The maximum atomic E-state index is 13.9. The van der Waals surface area contributed by atoms with E-state index >= 15 is 0 Å². The van der Waals surface area contributed by atoms with Crippen LogP contribution in [0.25, 0.3) is 0 Å². The summed E-state index contributed by atoms with van der Waals surface area (Å²) < 4.78 is 19.3. The van der Waals surface area contributed by atoms with Gasteiger partial charge in [0.05, 0.1) is 17.6 Å². The summed E-state index contributed by atoms with van der Waals surface area (Å²) in [6.07, 6.45) is 3.08. The van der Waals surface area contributed by atoms with E-state index in [0.717, 1.165) is 44.7 Å². The Bertz CT molecular complexity index is 785. The number of halogens is 1. The molecule has 2 aromatic rings. The fourth-order valence-corrected chi connectivity index (χ4v) is 3.55. The van der Waals surface area contributed by atoms with Gasteiger partial charge in [-0.05, 0) is 37.1 Å². The summed E-state index contributed by atoms with van der Waals surface area (Å²) in [5, 5.41) is 2.81. The van der Waals surface area contributed by atoms with Crippen LogP contribution in [0.1, 0.15) is 12.8 Å². The highest BCUT2D eigenvalue weighted by atomic mass is 19.1. The fourth-order valence-electron chi connectivity index (χ4n) is 3.55. The molecule has 1 aromatic heterocycles. The van der Waals surface area contributed by atoms with Crippen molar-refractivity contribution in [3.8, 4) is 0 Å². The first-order valence-corrected chi connectivity index (χ1v) is 9.34. The first-order valence-electron chi connectivity index (χ1n) is 9.34. The van der Waals surface area contributed by atoms with Crippen LogP contribution in [-0.2, 0) is 9.53 Å². The number of nitrogens with one attached hydrogen (secondary N) is 1. The zero-order valence-corrected chi connectivity index (χ0v) is 15.1. The highest BCUT2D eigenvalue weighted by Crippen LogP contribution is 2.23. The minimum absolute atomic E-state index is 0.133. The molecule has 0 radical (unpaired) electrons. The van der Waals surface area contributed by atoms with Gasteiger partial charge >= 0.3 is 0 Å². The lowest BCUT2D eigenvalue weighted by molar-refractivity contribution is -0.124. The maximum Gasteiger partial charge on any atom is 0.254 e. The predicted molar refractivity (Wildman–Crippen MR) is 103 cm³/mol. The Morgan fingerprint density at radius 2 is 1.89 bits per heavy atom. The predicted octanol–water partition coefficient (Wildman–Crippen LogP) is 2.66. The van der Waals surface area contributed by atoms with E-state index in [0.29, 0.717) is 18.1 Å². The van der Waals surface area contributed by atoms with Crippen molar-refractivity contribution in [2.45, 2.75) is 18.9 Å². The molecule has 1 aromatic carbocycles. The second-order valence-corrected chi connectivity index (χ2v) is 6.82. The van der Waals surface area contributed by atoms with Gasteiger partial charge in [-0.15, -0.1) is 0 Å². The summed E-state index contributed by atoms with van der Waals surface area (Å²) >= 11 is 0. The number of hydrogen-bond acceptors (Lipinski definition) is 5. The summed E-state index contributed by atoms with van der Waals surface area (Å²) in [5.41, 5.74) is 1.65. The Morgan fingerprint density at radius 1 is 1.11 bits per heavy atom. The van der Waals surface area contributed by atoms with E-state index in [2.05, 4.69) is 20.1 Å². The monoisotopic (exact) mass is 370 g/mol. The largest absolute Gasteiger partial charge is 0.368 e. The number of rotatable bonds is 4. The zero-order valence-electron chi connectivity index (χ0n) is 15.1. The molecule has 0 spiro atoms. The Morgan fingerprint density at radius 3 is 2.56 bits per heavy atom. The molecule has 1 unspecified atom stereocenters. The third-order valence-electron chi connectivity index (χ3n) is 5.06. The third kappa shape index (κ3) is 4.03. The number of pyridine rings is 1. The van der Waals surface area contributed by atoms with E-state index in [1.807, 2.05) is 24.3 Å². The number of hydrogen-bond donors (Lipinski definition) is 1. The zero-order chi connectivity index (χ0) is 18.6. The van der Waals surface area contributed by atoms with Crippen molar-refractivity contribution in [2.75, 3.05) is 47.9 Å². The smallest absolute Gasteiger partial charge is 0.254 e. The number of piperazine rings is 1. The number of benzene rings is 1. The molecule has 6 nitrogen and oxygen atoms in total. The average Bonchev–Trinajstić information content (AvgIpc) is 3.24. The van der Waals surface area contributed by atoms with Crippen LogP contribution in [0.5, 0.6) is 0 Å². The lowest BCUT2D eigenvalue weighted by atomic mass is 10.2. The van der Waals surface area contributed by atoms with Gasteiger partial charge in [0.1, 0.15) is 17.7 Å². The summed E-state index contributed by atoms with van der Waals surface area (Å²) in [6.45, 7) is 3.72. The number of aromatic nitrogens is 1. The molecule has 1 atom stereocenters. The molecule has 4 rings (SSSR count). The van der Waals surface area contributed by atoms with Gasteiger partial charge in [-0.3, -0.25) is 4.79 Å². The standard InChI is InChI=1S/C20H23FN4O2/c21-16-4-1-2-5-17(16)25-11-9-24(10-12-25)15-7-8-19(22-14-15)23-20(26)18-6-3-13-27-18/h1-2,4-5,7-8,14,18H,3,6,9-13H2,(H,22,23,26). The number of carbonyl (C=O) groups is 1. The molecule has 7 heteroatoms. The van der Waals surface area contributed by atoms with Gasteiger partial charge in [0, 0.05) is 32.8 Å². The van der Waals surface area contributed by atoms with Crippen LogP contribution >= 0.6 is 0 Å². The van der Waals surface area contributed by atoms with Gasteiger partial charge < -0.3 is 19.9 Å². The van der Waals surface area contributed by atoms with Gasteiger partial charge in [-0.1, -0.05) is 12.1 Å². The summed E-state index contributed by atoms with van der Waals surface area (Å²) in [7, 11) is 0. The second kappa shape index (κ2) is 7.92. The molecule has 2 aliphatic rings. The van der Waals surface area contributed by atoms with Gasteiger partial charge in [0.25, 0.3) is 5.91 Å². The lowest BCUT2D eigenvalue weighted by Gasteiger charge is -2.37. The van der Waals surface area contributed by atoms with Crippen molar-refractivity contribution in [3.63, 3.8) is 0 Å². The molecular formula is C20H23FN4O2. The molecular weight excluding hydrogens is 347 g/mol. The quantitative estimate of drug-likeness (QED) is 0.897. The molecule has 2 saturated heterocycles. The van der Waals surface area contributed by atoms with Gasteiger partial charge in [0.15, 0.2) is 0 Å². The van der Waals surface area contributed by atoms with E-state index in [-0.39, 0.29) is 17.8 Å². The van der Waals surface area contributed by atoms with Gasteiger partial charge in [-0.2, -0.15) is 0 Å². The van der Waals surface area contributed by atoms with Crippen molar-refractivity contribution in [1.29, 1.82) is 0 Å². The van der Waals surface area contributed by atoms with E-state index < -0.39 is 0 Å². The fraction of sp³-hybridized carbons (Fsp3) is 0.400. The van der Waals surface area contributed by atoms with Gasteiger partial charge in [0.2, 0.25) is 0 Å². The number of para-hydroxylation sites is 1. The summed E-state index contributed by atoms with van der Waals surface area (Å²) in [4.78, 5) is 20.7. The van der Waals surface area contributed by atoms with E-state index in [9.17, 15) is 9.18 Å². The van der Waals surface area contributed by atoms with Crippen LogP contribution < -0.4 is 15.1 Å². The molecule has 1 amide bonds. The Labute approximate surface area is 157 Å². The van der Waals surface area contributed by atoms with Crippen LogP contribution in [0, 0.1) is 5.82 Å². The van der Waals surface area contributed by atoms with Crippen molar-refractivity contribution in [3.05, 3.63) is 48.4 Å². The highest BCUT2D eigenvalue weighted by molar-refractivity contribution is 5.93. The van der Waals surface area contributed by atoms with Crippen LogP contribution in [0.3, 0.4) is 0 Å². The van der Waals surface area contributed by atoms with Crippen molar-refractivity contribution < 1.29 is 13.9 Å². The number of nitrogens with zero attached hydrogens (tertiary/aromatic N) is 3. The molecule has 0 saturated carbocycles. The average molecular weight is 370 g/mol. The Hall–Kier alpha value is -2.67. The molecule has 142 valence electrons. The van der Waals surface area contributed by atoms with E-state index in [1.54, 1.807) is 12.3 Å². The van der Waals surface area contributed by atoms with Crippen LogP contribution in [-0.4, -0.2) is 49.8 Å². The van der Waals surface area contributed by atoms with Crippen LogP contribution in [0.2, 0.25) is 0 Å². The molecule has 27 heavy (non-hydrogen) atoms. The maximum absolute atomic E-state index is 13.9. The van der Waals surface area contributed by atoms with Crippen LogP contribution in [0.15, 0.2) is 42.6 Å². The van der Waals surface area contributed by atoms with E-state index in [1.165, 1.54) is 6.07 Å². The lowest BCUT2D eigenvalue weighted by Crippen LogP contribution is -2.46. The second-order valence-electron chi connectivity index (χ2n) is 6.82.